The first-order chi connectivity index (χ1) is 13.0. The molecule has 1 aliphatic rings. The molecule has 1 N–H and O–H groups in total. The highest BCUT2D eigenvalue weighted by atomic mass is 32.2. The van der Waals surface area contributed by atoms with Crippen LogP contribution >= 0.6 is 11.8 Å². The van der Waals surface area contributed by atoms with Crippen LogP contribution < -0.4 is 5.32 Å². The number of carbonyl (C=O) groups is 3. The first-order valence-corrected chi connectivity index (χ1v) is 9.83. The summed E-state index contributed by atoms with van der Waals surface area (Å²) in [4.78, 5) is 36.9. The van der Waals surface area contributed by atoms with Crippen molar-refractivity contribution in [3.05, 3.63) is 59.2 Å². The van der Waals surface area contributed by atoms with Crippen LogP contribution in [0, 0.1) is 0 Å². The van der Waals surface area contributed by atoms with Crippen LogP contribution in [0.15, 0.2) is 47.4 Å². The molecule has 1 atom stereocenters. The van der Waals surface area contributed by atoms with Crippen LogP contribution in [0.5, 0.6) is 0 Å². The van der Waals surface area contributed by atoms with Gasteiger partial charge >= 0.3 is 5.97 Å². The van der Waals surface area contributed by atoms with Crippen LogP contribution in [0.2, 0.25) is 0 Å². The van der Waals surface area contributed by atoms with Crippen molar-refractivity contribution in [3.8, 4) is 0 Å². The molecule has 0 spiro atoms. The highest BCUT2D eigenvalue weighted by Gasteiger charge is 2.18. The molecule has 0 saturated carbocycles. The van der Waals surface area contributed by atoms with Crippen LogP contribution in [-0.2, 0) is 9.53 Å². The molecule has 2 aromatic rings. The van der Waals surface area contributed by atoms with E-state index in [2.05, 4.69) is 19.2 Å². The molecule has 1 amide bonds. The van der Waals surface area contributed by atoms with E-state index in [1.165, 1.54) is 17.3 Å². The Labute approximate surface area is 162 Å². The molecule has 2 aromatic carbocycles. The standard InChI is InChI=1S/C21H21NO4S/c1-3-13(2)14-4-6-15(7-5-14)18(23)11-26-21(25)16-8-9-19-17(10-16)22-20(24)12-27-19/h4-10,13H,3,11-12H2,1-2H3,(H,22,24)/t13-/m0/s1. The summed E-state index contributed by atoms with van der Waals surface area (Å²) in [7, 11) is 0. The van der Waals surface area contributed by atoms with Gasteiger partial charge in [-0.2, -0.15) is 0 Å². The molecular formula is C21H21NO4S. The molecule has 0 unspecified atom stereocenters. The fourth-order valence-corrected chi connectivity index (χ4v) is 3.53. The van der Waals surface area contributed by atoms with E-state index in [0.717, 1.165) is 11.3 Å². The predicted molar refractivity (Wildman–Crippen MR) is 106 cm³/mol. The lowest BCUT2D eigenvalue weighted by Gasteiger charge is -2.16. The van der Waals surface area contributed by atoms with Gasteiger partial charge in [0.15, 0.2) is 12.4 Å². The summed E-state index contributed by atoms with van der Waals surface area (Å²) < 4.78 is 5.15. The number of benzene rings is 2. The Balaban J connectivity index is 1.61. The highest BCUT2D eigenvalue weighted by molar-refractivity contribution is 8.00. The summed E-state index contributed by atoms with van der Waals surface area (Å²) in [5.74, 6) is -0.141. The van der Waals surface area contributed by atoms with Gasteiger partial charge in [0.1, 0.15) is 0 Å². The van der Waals surface area contributed by atoms with Crippen molar-refractivity contribution >= 4 is 35.1 Å². The van der Waals surface area contributed by atoms with Crippen LogP contribution in [0.1, 0.15) is 52.5 Å². The molecule has 5 nitrogen and oxygen atoms in total. The molecule has 1 heterocycles. The lowest BCUT2D eigenvalue weighted by molar-refractivity contribution is -0.113. The van der Waals surface area contributed by atoms with Gasteiger partial charge in [0.05, 0.1) is 17.0 Å². The zero-order valence-corrected chi connectivity index (χ0v) is 16.1. The van der Waals surface area contributed by atoms with Crippen molar-refractivity contribution in [2.24, 2.45) is 0 Å². The number of anilines is 1. The number of amides is 1. The Morgan fingerprint density at radius 2 is 1.85 bits per heavy atom. The van der Waals surface area contributed by atoms with Crippen molar-refractivity contribution in [2.45, 2.75) is 31.1 Å². The number of hydrogen-bond donors (Lipinski definition) is 1. The minimum atomic E-state index is -0.591. The highest BCUT2D eigenvalue weighted by Crippen LogP contribution is 2.32. The van der Waals surface area contributed by atoms with E-state index in [9.17, 15) is 14.4 Å². The van der Waals surface area contributed by atoms with E-state index < -0.39 is 5.97 Å². The van der Waals surface area contributed by atoms with Gasteiger partial charge in [-0.1, -0.05) is 38.1 Å². The number of hydrogen-bond acceptors (Lipinski definition) is 5. The molecule has 1 aliphatic heterocycles. The Morgan fingerprint density at radius 3 is 2.56 bits per heavy atom. The van der Waals surface area contributed by atoms with Gasteiger partial charge in [-0.3, -0.25) is 9.59 Å². The van der Waals surface area contributed by atoms with Crippen LogP contribution in [0.3, 0.4) is 0 Å². The molecule has 140 valence electrons. The molecule has 0 aromatic heterocycles. The molecular weight excluding hydrogens is 362 g/mol. The minimum absolute atomic E-state index is 0.103. The van der Waals surface area contributed by atoms with Crippen molar-refractivity contribution in [1.82, 2.24) is 0 Å². The van der Waals surface area contributed by atoms with Gasteiger partial charge in [0, 0.05) is 10.5 Å². The fourth-order valence-electron chi connectivity index (χ4n) is 2.74. The Hall–Kier alpha value is -2.60. The normalized spacial score (nSPS) is 14.1. The number of carbonyl (C=O) groups excluding carboxylic acids is 3. The van der Waals surface area contributed by atoms with Gasteiger partial charge in [-0.25, -0.2) is 4.79 Å². The second-order valence-corrected chi connectivity index (χ2v) is 7.50. The van der Waals surface area contributed by atoms with Crippen LogP contribution in [0.25, 0.3) is 0 Å². The zero-order valence-electron chi connectivity index (χ0n) is 15.3. The summed E-state index contributed by atoms with van der Waals surface area (Å²) in [6.45, 7) is 3.94. The summed E-state index contributed by atoms with van der Waals surface area (Å²) in [5.41, 5.74) is 2.60. The fraction of sp³-hybridized carbons (Fsp3) is 0.286. The van der Waals surface area contributed by atoms with Crippen LogP contribution in [-0.4, -0.2) is 30.0 Å². The maximum Gasteiger partial charge on any atom is 0.338 e. The number of thioether (sulfide) groups is 1. The van der Waals surface area contributed by atoms with Crippen molar-refractivity contribution in [2.75, 3.05) is 17.7 Å². The van der Waals surface area contributed by atoms with Crippen molar-refractivity contribution < 1.29 is 19.1 Å². The molecule has 3 rings (SSSR count). The topological polar surface area (TPSA) is 72.5 Å². The van der Waals surface area contributed by atoms with Gasteiger partial charge in [-0.05, 0) is 36.1 Å². The average molecular weight is 383 g/mol. The smallest absolute Gasteiger partial charge is 0.338 e. The minimum Gasteiger partial charge on any atom is -0.454 e. The van der Waals surface area contributed by atoms with Gasteiger partial charge < -0.3 is 10.1 Å². The number of nitrogens with one attached hydrogen (secondary N) is 1. The monoisotopic (exact) mass is 383 g/mol. The zero-order chi connectivity index (χ0) is 19.4. The first-order valence-electron chi connectivity index (χ1n) is 8.85. The summed E-state index contributed by atoms with van der Waals surface area (Å²) in [6, 6.07) is 12.4. The first kappa shape index (κ1) is 19.2. The Morgan fingerprint density at radius 1 is 1.15 bits per heavy atom. The summed E-state index contributed by atoms with van der Waals surface area (Å²) >= 11 is 1.42. The number of rotatable bonds is 6. The maximum absolute atomic E-state index is 12.3. The quantitative estimate of drug-likeness (QED) is 0.595. The molecule has 0 aliphatic carbocycles. The van der Waals surface area contributed by atoms with E-state index >= 15 is 0 Å². The number of ketones is 1. The Bertz CT molecular complexity index is 876. The molecule has 0 bridgehead atoms. The van der Waals surface area contributed by atoms with Gasteiger partial charge in [0.25, 0.3) is 0 Å². The van der Waals surface area contributed by atoms with E-state index in [1.54, 1.807) is 30.3 Å². The average Bonchev–Trinajstić information content (AvgIpc) is 2.70. The summed E-state index contributed by atoms with van der Waals surface area (Å²) in [5, 5.41) is 2.73. The largest absolute Gasteiger partial charge is 0.454 e. The third-order valence-electron chi connectivity index (χ3n) is 4.60. The van der Waals surface area contributed by atoms with Crippen LogP contribution in [0.4, 0.5) is 5.69 Å². The van der Waals surface area contributed by atoms with Gasteiger partial charge in [-0.15, -0.1) is 11.8 Å². The predicted octanol–water partition coefficient (Wildman–Crippen LogP) is 4.28. The molecule has 0 radical (unpaired) electrons. The van der Waals surface area contributed by atoms with Gasteiger partial charge in [0.2, 0.25) is 5.91 Å². The molecule has 27 heavy (non-hydrogen) atoms. The van der Waals surface area contributed by atoms with E-state index in [1.807, 2.05) is 12.1 Å². The third kappa shape index (κ3) is 4.57. The number of esters is 1. The summed E-state index contributed by atoms with van der Waals surface area (Å²) in [6.07, 6.45) is 1.03. The number of fused-ring (bicyclic) bond motifs is 1. The SMILES string of the molecule is CC[C@H](C)c1ccc(C(=O)COC(=O)c2ccc3c(c2)NC(=O)CS3)cc1. The van der Waals surface area contributed by atoms with E-state index in [4.69, 9.17) is 4.74 Å². The Kier molecular flexibility index (Phi) is 5.96. The lowest BCUT2D eigenvalue weighted by Crippen LogP contribution is -2.19. The second kappa shape index (κ2) is 8.39. The maximum atomic E-state index is 12.3. The number of Topliss-reactive ketones (excluding diaryl/α,β-unsaturated/α-hetero) is 1. The van der Waals surface area contributed by atoms with E-state index in [0.29, 0.717) is 28.5 Å². The molecule has 0 saturated heterocycles. The second-order valence-electron chi connectivity index (χ2n) is 6.48. The third-order valence-corrected chi connectivity index (χ3v) is 5.67. The van der Waals surface area contributed by atoms with E-state index in [-0.39, 0.29) is 18.3 Å². The van der Waals surface area contributed by atoms with Crippen molar-refractivity contribution in [1.29, 1.82) is 0 Å². The van der Waals surface area contributed by atoms with Crippen molar-refractivity contribution in [3.63, 3.8) is 0 Å². The molecule has 0 fully saturated rings. The number of ether oxygens (including phenoxy) is 1. The molecule has 6 heteroatoms. The lowest BCUT2D eigenvalue weighted by atomic mass is 9.97.